The average molecular weight is 466 g/mol. The molecule has 2 aliphatic heterocycles. The maximum atomic E-state index is 13.0. The highest BCUT2D eigenvalue weighted by Gasteiger charge is 2.48. The summed E-state index contributed by atoms with van der Waals surface area (Å²) in [6.07, 6.45) is -4.85. The number of likely N-dealkylation sites (N-methyl/N-ethyl adjacent to an activating group) is 1. The maximum Gasteiger partial charge on any atom is 0.416 e. The van der Waals surface area contributed by atoms with Crippen LogP contribution >= 0.6 is 11.8 Å². The minimum absolute atomic E-state index is 0.0243. The number of amides is 2. The normalized spacial score (nSPS) is 20.8. The van der Waals surface area contributed by atoms with E-state index in [1.165, 1.54) is 7.05 Å². The van der Waals surface area contributed by atoms with Crippen molar-refractivity contribution in [1.29, 1.82) is 5.26 Å². The Hall–Kier alpha value is -3.46. The average Bonchev–Trinajstić information content (AvgIpc) is 3.08. The lowest BCUT2D eigenvalue weighted by atomic mass is 9.82. The molecular formula is C20H17F3N4O4S. The SMILES string of the molecule is CNC(=O)C1=C2S[C@@H](CC(=O)OC)C(=O)N2C(N)=C(C#N)[C@H]1c1ccc(C(F)(F)F)cc1. The summed E-state index contributed by atoms with van der Waals surface area (Å²) in [4.78, 5) is 38.4. The van der Waals surface area contributed by atoms with Gasteiger partial charge in [0, 0.05) is 7.05 Å². The van der Waals surface area contributed by atoms with Crippen molar-refractivity contribution in [1.82, 2.24) is 10.2 Å². The van der Waals surface area contributed by atoms with Crippen LogP contribution in [0.15, 0.2) is 46.3 Å². The molecular weight excluding hydrogens is 449 g/mol. The number of thioether (sulfide) groups is 1. The number of nitriles is 1. The Balaban J connectivity index is 2.18. The number of hydrogen-bond donors (Lipinski definition) is 2. The van der Waals surface area contributed by atoms with Crippen LogP contribution in [0, 0.1) is 11.3 Å². The van der Waals surface area contributed by atoms with Crippen LogP contribution < -0.4 is 11.1 Å². The molecule has 32 heavy (non-hydrogen) atoms. The van der Waals surface area contributed by atoms with Crippen molar-refractivity contribution >= 4 is 29.5 Å². The summed E-state index contributed by atoms with van der Waals surface area (Å²) in [5, 5.41) is 11.4. The number of fused-ring (bicyclic) bond motifs is 1. The number of carbonyl (C=O) groups excluding carboxylic acids is 3. The second-order valence-electron chi connectivity index (χ2n) is 6.82. The molecule has 2 atom stereocenters. The fourth-order valence-corrected chi connectivity index (χ4v) is 4.80. The fraction of sp³-hybridized carbons (Fsp3) is 0.300. The van der Waals surface area contributed by atoms with Gasteiger partial charge in [0.2, 0.25) is 5.91 Å². The first-order valence-electron chi connectivity index (χ1n) is 9.15. The molecule has 3 N–H and O–H groups in total. The van der Waals surface area contributed by atoms with E-state index in [9.17, 15) is 32.8 Å². The Kier molecular flexibility index (Phi) is 6.23. The number of allylic oxidation sites excluding steroid dienone is 1. The van der Waals surface area contributed by atoms with E-state index in [2.05, 4.69) is 10.1 Å². The summed E-state index contributed by atoms with van der Waals surface area (Å²) >= 11 is 0.911. The molecule has 0 saturated carbocycles. The zero-order chi connectivity index (χ0) is 23.8. The molecule has 2 heterocycles. The molecule has 1 aromatic rings. The third kappa shape index (κ3) is 3.91. The van der Waals surface area contributed by atoms with Gasteiger partial charge in [-0.05, 0) is 17.7 Å². The molecule has 1 saturated heterocycles. The summed E-state index contributed by atoms with van der Waals surface area (Å²) in [5.41, 5.74) is 5.24. The molecule has 0 aromatic heterocycles. The van der Waals surface area contributed by atoms with Crippen LogP contribution in [-0.2, 0) is 25.3 Å². The minimum Gasteiger partial charge on any atom is -0.469 e. The molecule has 1 aromatic carbocycles. The molecule has 8 nitrogen and oxygen atoms in total. The van der Waals surface area contributed by atoms with Gasteiger partial charge in [-0.25, -0.2) is 0 Å². The van der Waals surface area contributed by atoms with Gasteiger partial charge >= 0.3 is 12.1 Å². The summed E-state index contributed by atoms with van der Waals surface area (Å²) < 4.78 is 43.5. The standard InChI is InChI=1S/C20H17F3N4O4S/c1-26-17(29)15-14(9-3-5-10(6-4-9)20(21,22)23)11(8-24)16(25)27-18(30)12(32-19(15)27)7-13(28)31-2/h3-6,12,14H,7,25H2,1-2H3,(H,26,29)/t12-,14+/m0/s1. The Bertz CT molecular complexity index is 1090. The van der Waals surface area contributed by atoms with Gasteiger partial charge in [-0.2, -0.15) is 18.4 Å². The number of carbonyl (C=O) groups is 3. The number of esters is 1. The van der Waals surface area contributed by atoms with Crippen molar-refractivity contribution in [3.8, 4) is 6.07 Å². The van der Waals surface area contributed by atoms with Gasteiger partial charge in [-0.1, -0.05) is 23.9 Å². The van der Waals surface area contributed by atoms with Crippen molar-refractivity contribution in [2.45, 2.75) is 23.8 Å². The molecule has 168 valence electrons. The Labute approximate surface area is 184 Å². The van der Waals surface area contributed by atoms with Gasteiger partial charge in [0.15, 0.2) is 0 Å². The summed E-state index contributed by atoms with van der Waals surface area (Å²) in [6.45, 7) is 0. The van der Waals surface area contributed by atoms with E-state index in [1.807, 2.05) is 6.07 Å². The van der Waals surface area contributed by atoms with E-state index >= 15 is 0 Å². The van der Waals surface area contributed by atoms with Crippen LogP contribution in [0.25, 0.3) is 0 Å². The van der Waals surface area contributed by atoms with E-state index in [1.54, 1.807) is 0 Å². The number of hydrogen-bond acceptors (Lipinski definition) is 7. The number of halogens is 3. The van der Waals surface area contributed by atoms with E-state index in [0.717, 1.165) is 48.0 Å². The molecule has 0 unspecified atom stereocenters. The predicted octanol–water partition coefficient (Wildman–Crippen LogP) is 1.96. The fourth-order valence-electron chi connectivity index (χ4n) is 3.48. The van der Waals surface area contributed by atoms with Gasteiger partial charge < -0.3 is 15.8 Å². The van der Waals surface area contributed by atoms with Gasteiger partial charge in [0.05, 0.1) is 47.3 Å². The molecule has 2 aliphatic rings. The highest BCUT2D eigenvalue weighted by Crippen LogP contribution is 2.50. The maximum absolute atomic E-state index is 13.0. The first-order chi connectivity index (χ1) is 15.0. The predicted molar refractivity (Wildman–Crippen MR) is 107 cm³/mol. The van der Waals surface area contributed by atoms with Crippen LogP contribution in [0.2, 0.25) is 0 Å². The molecule has 0 spiro atoms. The third-order valence-corrected chi connectivity index (χ3v) is 6.30. The summed E-state index contributed by atoms with van der Waals surface area (Å²) in [7, 11) is 2.50. The lowest BCUT2D eigenvalue weighted by Gasteiger charge is -2.32. The number of nitrogens with one attached hydrogen (secondary N) is 1. The monoisotopic (exact) mass is 466 g/mol. The largest absolute Gasteiger partial charge is 0.469 e. The summed E-state index contributed by atoms with van der Waals surface area (Å²) in [6, 6.07) is 5.87. The number of nitrogens with zero attached hydrogens (tertiary/aromatic N) is 2. The lowest BCUT2D eigenvalue weighted by molar-refractivity contribution is -0.142. The number of rotatable bonds is 4. The highest BCUT2D eigenvalue weighted by atomic mass is 32.2. The van der Waals surface area contributed by atoms with Crippen LogP contribution in [0.1, 0.15) is 23.5 Å². The first kappa shape index (κ1) is 23.2. The van der Waals surface area contributed by atoms with Crippen molar-refractivity contribution in [2.75, 3.05) is 14.2 Å². The molecule has 0 aliphatic carbocycles. The highest BCUT2D eigenvalue weighted by molar-refractivity contribution is 8.04. The van der Waals surface area contributed by atoms with Crippen molar-refractivity contribution < 1.29 is 32.3 Å². The number of nitrogens with two attached hydrogens (primary N) is 1. The molecule has 1 fully saturated rings. The van der Waals surface area contributed by atoms with E-state index < -0.39 is 40.7 Å². The Morgan fingerprint density at radius 1 is 1.31 bits per heavy atom. The lowest BCUT2D eigenvalue weighted by Crippen LogP contribution is -2.39. The second-order valence-corrected chi connectivity index (χ2v) is 8.01. The van der Waals surface area contributed by atoms with Gasteiger partial charge in [-0.15, -0.1) is 0 Å². The molecule has 3 rings (SSSR count). The van der Waals surface area contributed by atoms with Crippen molar-refractivity contribution in [3.05, 3.63) is 57.4 Å². The minimum atomic E-state index is -4.56. The molecule has 0 radical (unpaired) electrons. The van der Waals surface area contributed by atoms with E-state index in [0.29, 0.717) is 0 Å². The van der Waals surface area contributed by atoms with Crippen molar-refractivity contribution in [3.63, 3.8) is 0 Å². The first-order valence-corrected chi connectivity index (χ1v) is 10.0. The zero-order valence-electron chi connectivity index (χ0n) is 16.8. The van der Waals surface area contributed by atoms with E-state index in [4.69, 9.17) is 5.73 Å². The van der Waals surface area contributed by atoms with Gasteiger partial charge in [0.25, 0.3) is 5.91 Å². The van der Waals surface area contributed by atoms with Crippen LogP contribution in [0.4, 0.5) is 13.2 Å². The molecule has 0 bridgehead atoms. The third-order valence-electron chi connectivity index (χ3n) is 5.02. The Morgan fingerprint density at radius 3 is 2.44 bits per heavy atom. The topological polar surface area (TPSA) is 126 Å². The van der Waals surface area contributed by atoms with Crippen LogP contribution in [0.3, 0.4) is 0 Å². The zero-order valence-corrected chi connectivity index (χ0v) is 17.6. The van der Waals surface area contributed by atoms with Crippen LogP contribution in [-0.4, -0.2) is 42.1 Å². The smallest absolute Gasteiger partial charge is 0.416 e. The molecule has 2 amide bonds. The Morgan fingerprint density at radius 2 is 1.94 bits per heavy atom. The number of methoxy groups -OCH3 is 1. The quantitative estimate of drug-likeness (QED) is 0.650. The summed E-state index contributed by atoms with van der Waals surface area (Å²) in [5.74, 6) is -3.25. The molecule has 12 heteroatoms. The van der Waals surface area contributed by atoms with Gasteiger partial charge in [0.1, 0.15) is 11.1 Å². The van der Waals surface area contributed by atoms with Gasteiger partial charge in [-0.3, -0.25) is 19.3 Å². The van der Waals surface area contributed by atoms with Crippen LogP contribution in [0.5, 0.6) is 0 Å². The number of ether oxygens (including phenoxy) is 1. The number of benzene rings is 1. The second kappa shape index (κ2) is 8.58. The number of alkyl halides is 3. The van der Waals surface area contributed by atoms with E-state index in [-0.39, 0.29) is 34.0 Å². The van der Waals surface area contributed by atoms with Crippen molar-refractivity contribution in [2.24, 2.45) is 5.73 Å².